The first kappa shape index (κ1) is 21.5. The van der Waals surface area contributed by atoms with Gasteiger partial charge in [0.1, 0.15) is 11.5 Å². The van der Waals surface area contributed by atoms with Crippen molar-refractivity contribution >= 4 is 28.7 Å². The third-order valence-corrected chi connectivity index (χ3v) is 5.83. The van der Waals surface area contributed by atoms with Gasteiger partial charge in [-0.05, 0) is 59.5 Å². The highest BCUT2D eigenvalue weighted by Gasteiger charge is 2.27. The van der Waals surface area contributed by atoms with Crippen molar-refractivity contribution in [3.8, 4) is 11.1 Å². The first-order valence-electron chi connectivity index (χ1n) is 10.8. The van der Waals surface area contributed by atoms with E-state index < -0.39 is 11.8 Å². The number of hydrogen-bond donors (Lipinski definition) is 1. The Bertz CT molecular complexity index is 1430. The molecule has 2 heterocycles. The summed E-state index contributed by atoms with van der Waals surface area (Å²) in [5.41, 5.74) is 9.82. The van der Waals surface area contributed by atoms with Gasteiger partial charge >= 0.3 is 5.97 Å². The first-order chi connectivity index (χ1) is 16.4. The van der Waals surface area contributed by atoms with Crippen LogP contribution in [0.3, 0.4) is 0 Å². The summed E-state index contributed by atoms with van der Waals surface area (Å²) in [7, 11) is 0. The largest absolute Gasteiger partial charge is 0.462 e. The van der Waals surface area contributed by atoms with E-state index in [1.54, 1.807) is 30.0 Å². The van der Waals surface area contributed by atoms with Crippen LogP contribution in [0.1, 0.15) is 38.9 Å². The number of ether oxygens (including phenoxy) is 1. The minimum atomic E-state index is -0.558. The summed E-state index contributed by atoms with van der Waals surface area (Å²) in [5, 5.41) is 0.465. The Hall–Kier alpha value is -4.33. The number of hydrogen-bond acceptors (Lipinski definition) is 6. The van der Waals surface area contributed by atoms with Crippen LogP contribution in [0.5, 0.6) is 0 Å². The molecule has 0 unspecified atom stereocenters. The lowest BCUT2D eigenvalue weighted by Gasteiger charge is -2.17. The number of rotatable bonds is 4. The lowest BCUT2D eigenvalue weighted by Crippen LogP contribution is -2.27. The molecule has 170 valence electrons. The highest BCUT2D eigenvalue weighted by molar-refractivity contribution is 6.06. The van der Waals surface area contributed by atoms with Crippen LogP contribution >= 0.6 is 0 Å². The van der Waals surface area contributed by atoms with Crippen LogP contribution in [0.2, 0.25) is 0 Å². The fraction of sp³-hybridized carbons (Fsp3) is 0.154. The molecule has 4 aromatic rings. The van der Waals surface area contributed by atoms with Crippen LogP contribution in [-0.2, 0) is 17.8 Å². The molecule has 1 aliphatic heterocycles. The molecule has 0 fully saturated rings. The van der Waals surface area contributed by atoms with Gasteiger partial charge in [0.25, 0.3) is 5.91 Å². The van der Waals surface area contributed by atoms with Gasteiger partial charge < -0.3 is 15.4 Å². The van der Waals surface area contributed by atoms with E-state index in [2.05, 4.69) is 9.97 Å². The average molecular weight is 456 g/mol. The van der Waals surface area contributed by atoms with Gasteiger partial charge in [-0.2, -0.15) is 0 Å². The van der Waals surface area contributed by atoms with Crippen molar-refractivity contribution in [3.05, 3.63) is 88.9 Å². The summed E-state index contributed by atoms with van der Waals surface area (Å²) in [6.07, 6.45) is 0. The lowest BCUT2D eigenvalue weighted by molar-refractivity contribution is 0.0527. The molecule has 0 atom stereocenters. The van der Waals surface area contributed by atoms with Crippen molar-refractivity contribution in [2.24, 2.45) is 0 Å². The summed E-state index contributed by atoms with van der Waals surface area (Å²) in [6, 6.07) is 16.8. The second-order valence-electron chi connectivity index (χ2n) is 8.00. The highest BCUT2D eigenvalue weighted by Crippen LogP contribution is 2.31. The average Bonchev–Trinajstić information content (AvgIpc) is 3.27. The molecule has 0 spiro atoms. The number of halogens is 1. The molecular formula is C26H21FN4O3. The van der Waals surface area contributed by atoms with E-state index in [-0.39, 0.29) is 29.7 Å². The number of aromatic nitrogens is 2. The van der Waals surface area contributed by atoms with Gasteiger partial charge in [-0.25, -0.2) is 19.2 Å². The number of benzene rings is 3. The van der Waals surface area contributed by atoms with Gasteiger partial charge in [-0.15, -0.1) is 0 Å². The Morgan fingerprint density at radius 3 is 2.47 bits per heavy atom. The fourth-order valence-electron chi connectivity index (χ4n) is 4.25. The molecule has 0 aliphatic carbocycles. The van der Waals surface area contributed by atoms with Crippen molar-refractivity contribution in [1.82, 2.24) is 14.9 Å². The zero-order valence-electron chi connectivity index (χ0n) is 18.4. The van der Waals surface area contributed by atoms with Crippen LogP contribution in [0.15, 0.2) is 60.7 Å². The number of carbonyl (C=O) groups excluding carboxylic acids is 2. The summed E-state index contributed by atoms with van der Waals surface area (Å²) < 4.78 is 19.3. The van der Waals surface area contributed by atoms with Crippen molar-refractivity contribution in [2.75, 3.05) is 12.3 Å². The summed E-state index contributed by atoms with van der Waals surface area (Å²) in [4.78, 5) is 36.2. The summed E-state index contributed by atoms with van der Waals surface area (Å²) in [5.74, 6) is -1.35. The van der Waals surface area contributed by atoms with Gasteiger partial charge in [-0.1, -0.05) is 30.3 Å². The number of nitrogens with zero attached hydrogens (tertiary/aromatic N) is 3. The van der Waals surface area contributed by atoms with E-state index in [1.807, 2.05) is 24.3 Å². The molecule has 2 N–H and O–H groups in total. The van der Waals surface area contributed by atoms with Crippen molar-refractivity contribution < 1.29 is 18.7 Å². The highest BCUT2D eigenvalue weighted by atomic mass is 19.1. The van der Waals surface area contributed by atoms with Crippen molar-refractivity contribution in [2.45, 2.75) is 20.0 Å². The fourth-order valence-corrected chi connectivity index (χ4v) is 4.25. The van der Waals surface area contributed by atoms with Gasteiger partial charge in [0.05, 0.1) is 17.7 Å². The van der Waals surface area contributed by atoms with E-state index in [9.17, 15) is 14.0 Å². The maximum absolute atomic E-state index is 14.1. The predicted octanol–water partition coefficient (Wildman–Crippen LogP) is 4.35. The monoisotopic (exact) mass is 456 g/mol. The number of esters is 1. The molecule has 3 aromatic carbocycles. The molecule has 0 radical (unpaired) electrons. The molecule has 7 nitrogen and oxygen atoms in total. The van der Waals surface area contributed by atoms with Crippen LogP contribution in [0.25, 0.3) is 22.0 Å². The second-order valence-corrected chi connectivity index (χ2v) is 8.00. The molecule has 34 heavy (non-hydrogen) atoms. The maximum atomic E-state index is 14.1. The quantitative estimate of drug-likeness (QED) is 0.459. The minimum absolute atomic E-state index is 0.0155. The molecule has 1 aromatic heterocycles. The normalized spacial score (nSPS) is 12.6. The number of carbonyl (C=O) groups is 2. The SMILES string of the molecule is CCOC(=O)c1ccc(F)cc1-c1ccc2nc(N)nc(C(=O)N3Cc4ccccc4C3)c2c1. The van der Waals surface area contributed by atoms with Gasteiger partial charge in [0.15, 0.2) is 0 Å². The van der Waals surface area contributed by atoms with Crippen LogP contribution in [0.4, 0.5) is 10.3 Å². The number of nitrogens with two attached hydrogens (primary N) is 1. The molecule has 5 rings (SSSR count). The number of fused-ring (bicyclic) bond motifs is 2. The van der Waals surface area contributed by atoms with E-state index in [1.165, 1.54) is 18.2 Å². The zero-order valence-corrected chi connectivity index (χ0v) is 18.4. The van der Waals surface area contributed by atoms with Gasteiger partial charge in [0, 0.05) is 18.5 Å². The third kappa shape index (κ3) is 3.83. The molecule has 0 bridgehead atoms. The van der Waals surface area contributed by atoms with E-state index in [4.69, 9.17) is 10.5 Å². The van der Waals surface area contributed by atoms with Gasteiger partial charge in [-0.3, -0.25) is 4.79 Å². The molecule has 1 amide bonds. The Balaban J connectivity index is 1.61. The Morgan fingerprint density at radius 1 is 1.03 bits per heavy atom. The van der Waals surface area contributed by atoms with Gasteiger partial charge in [0.2, 0.25) is 5.95 Å². The van der Waals surface area contributed by atoms with E-state index >= 15 is 0 Å². The lowest BCUT2D eigenvalue weighted by atomic mass is 9.97. The smallest absolute Gasteiger partial charge is 0.338 e. The molecule has 0 saturated carbocycles. The Kier molecular flexibility index (Phi) is 5.41. The molecular weight excluding hydrogens is 435 g/mol. The van der Waals surface area contributed by atoms with E-state index in [0.29, 0.717) is 35.1 Å². The predicted molar refractivity (Wildman–Crippen MR) is 125 cm³/mol. The van der Waals surface area contributed by atoms with Crippen molar-refractivity contribution in [1.29, 1.82) is 0 Å². The second kappa shape index (κ2) is 8.55. The standard InChI is InChI=1S/C26H21FN4O3/c1-2-34-25(33)19-9-8-18(27)12-20(19)15-7-10-22-21(11-15)23(30-26(28)29-22)24(32)31-13-16-5-3-4-6-17(16)14-31/h3-12H,2,13-14H2,1H3,(H2,28,29,30). The van der Waals surface area contributed by atoms with Crippen LogP contribution in [-0.4, -0.2) is 33.4 Å². The number of anilines is 1. The molecule has 0 saturated heterocycles. The number of nitrogen functional groups attached to an aromatic ring is 1. The first-order valence-corrected chi connectivity index (χ1v) is 10.8. The molecule has 8 heteroatoms. The third-order valence-electron chi connectivity index (χ3n) is 5.83. The minimum Gasteiger partial charge on any atom is -0.462 e. The van der Waals surface area contributed by atoms with Crippen molar-refractivity contribution in [3.63, 3.8) is 0 Å². The zero-order chi connectivity index (χ0) is 23.8. The maximum Gasteiger partial charge on any atom is 0.338 e. The summed E-state index contributed by atoms with van der Waals surface area (Å²) in [6.45, 7) is 2.83. The molecule has 1 aliphatic rings. The summed E-state index contributed by atoms with van der Waals surface area (Å²) >= 11 is 0. The Morgan fingerprint density at radius 2 is 1.76 bits per heavy atom. The Labute approximate surface area is 195 Å². The number of amides is 1. The van der Waals surface area contributed by atoms with E-state index in [0.717, 1.165) is 11.1 Å². The van der Waals surface area contributed by atoms with Crippen LogP contribution in [0, 0.1) is 5.82 Å². The van der Waals surface area contributed by atoms with Crippen LogP contribution < -0.4 is 5.73 Å². The topological polar surface area (TPSA) is 98.4 Å².